The molecular formula is C116H71N7O4S4. The summed E-state index contributed by atoms with van der Waals surface area (Å²) in [6, 6.07) is 97.3. The molecule has 11 nitrogen and oxygen atoms in total. The van der Waals surface area contributed by atoms with Crippen LogP contribution in [0.3, 0.4) is 0 Å². The van der Waals surface area contributed by atoms with Crippen molar-refractivity contribution in [3.63, 3.8) is 0 Å². The number of hydrogen-bond acceptors (Lipinski definition) is 15. The minimum absolute atomic E-state index is 0.0788. The topological polar surface area (TPSA) is 235 Å². The molecule has 0 bridgehead atoms. The first kappa shape index (κ1) is 82.0. The van der Waals surface area contributed by atoms with Crippen molar-refractivity contribution in [2.45, 2.75) is 84.0 Å². The SMILES string of the molecule is CC(C#N)=C1/C(=C/c2cc3c(s2)-c2cc4c(cc2C3(c2ccc(C)cc2)c2ccc(C)cc2)-c2sc(/C=C3\C(=O)c5ccccc5C3=C(C#N)C#N)cc2C4(c2ccc(C)cc2)c2ccc(C)cc2)C(=O)c2ccccc21.CC1(C)c2cc3c(cc2-c2sc(/C=C4\C(=O)c5ccccc5C4=C(C#N)C#N)cc21)C(C)(C)c1cc(/C=C2\C(=O)c4ccccc4C2=C(C#N)C#N)sc1-3. The number of fused-ring (bicyclic) bond motifs is 16. The quantitative estimate of drug-likeness (QED) is 0.102. The molecule has 0 N–H and O–H groups in total. The monoisotopic (exact) mass is 1750 g/mol. The van der Waals surface area contributed by atoms with Crippen LogP contribution < -0.4 is 0 Å². The lowest BCUT2D eigenvalue weighted by molar-refractivity contribution is 0.103. The molecule has 131 heavy (non-hydrogen) atoms. The van der Waals surface area contributed by atoms with Gasteiger partial charge in [-0.2, -0.15) is 36.8 Å². The zero-order valence-corrected chi connectivity index (χ0v) is 75.6. The first-order valence-corrected chi connectivity index (χ1v) is 46.1. The Kier molecular flexibility index (Phi) is 19.0. The van der Waals surface area contributed by atoms with Gasteiger partial charge in [0.2, 0.25) is 0 Å². The number of thiophene rings is 4. The van der Waals surface area contributed by atoms with Crippen LogP contribution in [0.1, 0.15) is 207 Å². The van der Waals surface area contributed by atoms with Crippen LogP contribution in [0.15, 0.2) is 287 Å². The Morgan fingerprint density at radius 3 is 0.740 bits per heavy atom. The number of benzene rings is 10. The highest BCUT2D eigenvalue weighted by Crippen LogP contribution is 2.67. The second kappa shape index (κ2) is 30.4. The molecule has 14 aromatic rings. The van der Waals surface area contributed by atoms with Crippen LogP contribution in [-0.4, -0.2) is 23.1 Å². The zero-order valence-electron chi connectivity index (χ0n) is 72.3. The van der Waals surface area contributed by atoms with Crippen molar-refractivity contribution in [2.24, 2.45) is 0 Å². The maximum atomic E-state index is 14.4. The molecule has 0 radical (unpaired) electrons. The minimum atomic E-state index is -0.835. The molecule has 10 aromatic carbocycles. The van der Waals surface area contributed by atoms with Gasteiger partial charge < -0.3 is 0 Å². The van der Waals surface area contributed by atoms with E-state index in [0.29, 0.717) is 89.1 Å². The maximum Gasteiger partial charge on any atom is 0.194 e. The highest BCUT2D eigenvalue weighted by atomic mass is 32.1. The third-order valence-electron chi connectivity index (χ3n) is 27.5. The molecule has 0 atom stereocenters. The Hall–Kier alpha value is -16.0. The largest absolute Gasteiger partial charge is 0.289 e. The van der Waals surface area contributed by atoms with Crippen molar-refractivity contribution in [1.82, 2.24) is 0 Å². The van der Waals surface area contributed by atoms with Crippen LogP contribution in [0.5, 0.6) is 0 Å². The number of ketones is 4. The van der Waals surface area contributed by atoms with E-state index in [9.17, 15) is 56.0 Å². The van der Waals surface area contributed by atoms with Gasteiger partial charge in [0.05, 0.1) is 16.9 Å². The van der Waals surface area contributed by atoms with Gasteiger partial charge in [-0.3, -0.25) is 19.2 Å². The van der Waals surface area contributed by atoms with Crippen molar-refractivity contribution < 1.29 is 19.2 Å². The summed E-state index contributed by atoms with van der Waals surface area (Å²) in [4.78, 5) is 64.1. The molecule has 618 valence electrons. The Bertz CT molecular complexity index is 7930. The number of hydrogen-bond donors (Lipinski definition) is 0. The van der Waals surface area contributed by atoms with Gasteiger partial charge in [0, 0.05) is 122 Å². The summed E-state index contributed by atoms with van der Waals surface area (Å²) in [6.45, 7) is 19.1. The number of Topliss-reactive ketones (excluding diaryl/α,β-unsaturated/α-hetero) is 4. The van der Waals surface area contributed by atoms with Gasteiger partial charge in [-0.1, -0.05) is 244 Å². The van der Waals surface area contributed by atoms with Crippen molar-refractivity contribution >= 4 is 115 Å². The summed E-state index contributed by atoms with van der Waals surface area (Å²) in [7, 11) is 0. The molecule has 15 heteroatoms. The Balaban J connectivity index is 0.000000168. The van der Waals surface area contributed by atoms with Crippen molar-refractivity contribution in [3.8, 4) is 84.2 Å². The van der Waals surface area contributed by atoms with Crippen LogP contribution in [0, 0.1) is 107 Å². The molecular weight excluding hydrogens is 1680 g/mol. The van der Waals surface area contributed by atoms with Gasteiger partial charge >= 0.3 is 0 Å². The summed E-state index contributed by atoms with van der Waals surface area (Å²) >= 11 is 6.53. The number of aryl methyl sites for hydroxylation is 4. The summed E-state index contributed by atoms with van der Waals surface area (Å²) < 4.78 is 0. The standard InChI is InChI=1S/C70H45N3O2S2.C46H26N4O2S2/c1-39-14-22-45(23-15-39)69(46-24-16-40(2)17-25-46)59-35-56-60(34-55(59)67-61(69)32-49(76-67)30-57-63(43(5)36-71)51-10-6-8-12-53(51)65(57)74)70(47-26-18-41(3)19-27-47,48-28-20-42(4)21-29-48)62-33-50(77-68(56)62)31-58-64(44(37-72)38-73)52-11-7-9-13-54(52)66(58)75;1-45(2)35-17-32-36(18-31(35)43-37(45)15-25(53-43)13-33-39(23(19-47)20-48)27-9-5-7-11-29(27)41(33)51)46(3,4)38-16-26(54-44(32)38)14-34-40(24(21-49)22-50)28-10-6-8-12-30(28)42(34)52/h6-35H,1-5H3;5-18H,1-4H3/b57-30-,58-31-,63-43?;33-13-,34-14-. The normalized spacial score (nSPS) is 16.9. The van der Waals surface area contributed by atoms with E-state index >= 15 is 0 Å². The van der Waals surface area contributed by atoms with E-state index in [4.69, 9.17) is 0 Å². The van der Waals surface area contributed by atoms with E-state index < -0.39 is 10.8 Å². The van der Waals surface area contributed by atoms with E-state index in [1.54, 1.807) is 94.7 Å². The average Bonchev–Trinajstić information content (AvgIpc) is 1.50. The lowest BCUT2D eigenvalue weighted by Crippen LogP contribution is -2.30. The molecule has 0 unspecified atom stereocenters. The Labute approximate surface area is 773 Å². The van der Waals surface area contributed by atoms with E-state index in [1.165, 1.54) is 11.1 Å². The van der Waals surface area contributed by atoms with Crippen LogP contribution in [0.2, 0.25) is 0 Å². The molecule has 0 saturated heterocycles. The molecule has 4 heterocycles. The van der Waals surface area contributed by atoms with Gasteiger partial charge in [-0.05, 0) is 219 Å². The Morgan fingerprint density at radius 1 is 0.260 bits per heavy atom. The number of allylic oxidation sites excluding steroid dienone is 12. The van der Waals surface area contributed by atoms with Gasteiger partial charge in [0.15, 0.2) is 23.1 Å². The lowest BCUT2D eigenvalue weighted by atomic mass is 9.65. The first-order chi connectivity index (χ1) is 63.3. The second-order valence-electron chi connectivity index (χ2n) is 35.4. The van der Waals surface area contributed by atoms with Gasteiger partial charge in [-0.15, -0.1) is 45.3 Å². The van der Waals surface area contributed by atoms with Crippen LogP contribution >= 0.6 is 45.3 Å². The van der Waals surface area contributed by atoms with E-state index in [1.807, 2.05) is 103 Å². The fourth-order valence-electron chi connectivity index (χ4n) is 21.2. The highest BCUT2D eigenvalue weighted by molar-refractivity contribution is 7.18. The summed E-state index contributed by atoms with van der Waals surface area (Å²) in [5, 5.41) is 70.0. The minimum Gasteiger partial charge on any atom is -0.289 e. The number of rotatable bonds is 8. The van der Waals surface area contributed by atoms with E-state index in [2.05, 4.69) is 219 Å². The van der Waals surface area contributed by atoms with Crippen molar-refractivity contribution in [1.29, 1.82) is 36.8 Å². The first-order valence-electron chi connectivity index (χ1n) is 42.8. The number of carbonyl (C=O) groups is 4. The molecule has 4 aromatic heterocycles. The second-order valence-corrected chi connectivity index (χ2v) is 39.8. The molecule has 0 spiro atoms. The third kappa shape index (κ3) is 12.0. The summed E-state index contributed by atoms with van der Waals surface area (Å²) in [6.07, 6.45) is 7.56. The van der Waals surface area contributed by atoms with Gasteiger partial charge in [-0.25, -0.2) is 0 Å². The molecule has 8 aliphatic carbocycles. The van der Waals surface area contributed by atoms with E-state index in [-0.39, 0.29) is 50.7 Å². The zero-order chi connectivity index (χ0) is 90.9. The van der Waals surface area contributed by atoms with Crippen molar-refractivity contribution in [2.75, 3.05) is 0 Å². The van der Waals surface area contributed by atoms with Crippen LogP contribution in [0.25, 0.3) is 88.4 Å². The lowest BCUT2D eigenvalue weighted by Gasteiger charge is -2.35. The highest BCUT2D eigenvalue weighted by Gasteiger charge is 2.54. The third-order valence-corrected chi connectivity index (χ3v) is 31.9. The van der Waals surface area contributed by atoms with E-state index in [0.717, 1.165) is 145 Å². The van der Waals surface area contributed by atoms with Crippen LogP contribution in [-0.2, 0) is 21.7 Å². The Morgan fingerprint density at radius 2 is 0.481 bits per heavy atom. The number of nitrogens with zero attached hydrogens (tertiary/aromatic N) is 7. The molecule has 0 amide bonds. The molecule has 0 saturated carbocycles. The number of carbonyl (C=O) groups excluding carboxylic acids is 4. The molecule has 0 aliphatic heterocycles. The van der Waals surface area contributed by atoms with Crippen molar-refractivity contribution in [3.05, 3.63) is 440 Å². The van der Waals surface area contributed by atoms with Crippen LogP contribution in [0.4, 0.5) is 0 Å². The molecule has 0 fully saturated rings. The maximum absolute atomic E-state index is 14.4. The number of nitriles is 7. The average molecular weight is 1760 g/mol. The van der Waals surface area contributed by atoms with Gasteiger partial charge in [0.25, 0.3) is 0 Å². The smallest absolute Gasteiger partial charge is 0.194 e. The fourth-order valence-corrected chi connectivity index (χ4v) is 26.2. The molecule has 22 rings (SSSR count). The summed E-state index contributed by atoms with van der Waals surface area (Å²) in [5.41, 5.74) is 28.6. The predicted octanol–water partition coefficient (Wildman–Crippen LogP) is 27.0. The molecule has 8 aliphatic rings. The summed E-state index contributed by atoms with van der Waals surface area (Å²) in [5.74, 6) is -0.693. The fraction of sp³-hybridized carbons (Fsp3) is 0.112. The van der Waals surface area contributed by atoms with Gasteiger partial charge in [0.1, 0.15) is 53.1 Å². The predicted molar refractivity (Wildman–Crippen MR) is 521 cm³/mol.